The Morgan fingerprint density at radius 2 is 2.08 bits per heavy atom. The number of ether oxygens (including phenoxy) is 1. The number of carbonyl (C=O) groups excluding carboxylic acids is 2. The van der Waals surface area contributed by atoms with Crippen LogP contribution in [-0.4, -0.2) is 46.7 Å². The summed E-state index contributed by atoms with van der Waals surface area (Å²) in [5.41, 5.74) is -0.782. The fourth-order valence-corrected chi connectivity index (χ4v) is 3.63. The molecule has 3 amide bonds. The SMILES string of the molecule is C[C@@H]1CCCC[C@@]12NC(=O)N(C[C@@H](O)COc1ccccc1)C2=O. The molecule has 1 aliphatic heterocycles. The summed E-state index contributed by atoms with van der Waals surface area (Å²) in [7, 11) is 0. The molecule has 3 atom stereocenters. The van der Waals surface area contributed by atoms with Crippen LogP contribution in [0.1, 0.15) is 32.6 Å². The van der Waals surface area contributed by atoms with Gasteiger partial charge >= 0.3 is 6.03 Å². The van der Waals surface area contributed by atoms with E-state index in [1.165, 1.54) is 0 Å². The Hall–Kier alpha value is -2.08. The second-order valence-corrected chi connectivity index (χ2v) is 6.74. The maximum absolute atomic E-state index is 12.8. The van der Waals surface area contributed by atoms with E-state index in [0.717, 1.165) is 24.2 Å². The Morgan fingerprint density at radius 3 is 2.79 bits per heavy atom. The van der Waals surface area contributed by atoms with Gasteiger partial charge in [-0.15, -0.1) is 0 Å². The molecular formula is C18H24N2O4. The van der Waals surface area contributed by atoms with Gasteiger partial charge in [-0.05, 0) is 30.9 Å². The van der Waals surface area contributed by atoms with Crippen molar-refractivity contribution in [2.24, 2.45) is 5.92 Å². The number of nitrogens with one attached hydrogen (secondary N) is 1. The summed E-state index contributed by atoms with van der Waals surface area (Å²) >= 11 is 0. The van der Waals surface area contributed by atoms with Crippen LogP contribution < -0.4 is 10.1 Å². The van der Waals surface area contributed by atoms with Gasteiger partial charge in [0, 0.05) is 0 Å². The number of imide groups is 1. The third kappa shape index (κ3) is 3.11. The molecule has 1 aromatic rings. The van der Waals surface area contributed by atoms with Gasteiger partial charge in [0.05, 0.1) is 6.54 Å². The summed E-state index contributed by atoms with van der Waals surface area (Å²) in [4.78, 5) is 26.2. The van der Waals surface area contributed by atoms with E-state index in [-0.39, 0.29) is 25.0 Å². The van der Waals surface area contributed by atoms with Crippen LogP contribution in [0.4, 0.5) is 4.79 Å². The fourth-order valence-electron chi connectivity index (χ4n) is 3.63. The molecule has 1 heterocycles. The van der Waals surface area contributed by atoms with Crippen molar-refractivity contribution in [3.63, 3.8) is 0 Å². The molecule has 130 valence electrons. The Kier molecular flexibility index (Phi) is 4.76. The summed E-state index contributed by atoms with van der Waals surface area (Å²) in [5.74, 6) is 0.551. The molecule has 24 heavy (non-hydrogen) atoms. The third-order valence-electron chi connectivity index (χ3n) is 5.08. The average molecular weight is 332 g/mol. The number of nitrogens with zero attached hydrogens (tertiary/aromatic N) is 1. The van der Waals surface area contributed by atoms with Gasteiger partial charge < -0.3 is 15.2 Å². The van der Waals surface area contributed by atoms with Gasteiger partial charge in [-0.3, -0.25) is 9.69 Å². The Balaban J connectivity index is 1.60. The van der Waals surface area contributed by atoms with Gasteiger partial charge in [0.1, 0.15) is 24.0 Å². The number of hydrogen-bond donors (Lipinski definition) is 2. The first-order chi connectivity index (χ1) is 11.5. The molecule has 2 N–H and O–H groups in total. The molecule has 1 spiro atoms. The molecule has 0 aromatic heterocycles. The number of urea groups is 1. The summed E-state index contributed by atoms with van der Waals surface area (Å²) < 4.78 is 5.49. The smallest absolute Gasteiger partial charge is 0.325 e. The highest BCUT2D eigenvalue weighted by Gasteiger charge is 2.54. The minimum absolute atomic E-state index is 0.0314. The van der Waals surface area contributed by atoms with E-state index in [9.17, 15) is 14.7 Å². The minimum atomic E-state index is -0.922. The second kappa shape index (κ2) is 6.81. The highest BCUT2D eigenvalue weighted by atomic mass is 16.5. The van der Waals surface area contributed by atoms with Gasteiger partial charge in [-0.2, -0.15) is 0 Å². The Labute approximate surface area is 141 Å². The van der Waals surface area contributed by atoms with E-state index in [2.05, 4.69) is 5.32 Å². The molecule has 1 saturated carbocycles. The first-order valence-corrected chi connectivity index (χ1v) is 8.53. The zero-order chi connectivity index (χ0) is 17.2. The van der Waals surface area contributed by atoms with E-state index in [4.69, 9.17) is 4.74 Å². The summed E-state index contributed by atoms with van der Waals surface area (Å²) in [6.45, 7) is 1.99. The second-order valence-electron chi connectivity index (χ2n) is 6.74. The van der Waals surface area contributed by atoms with Crippen molar-refractivity contribution < 1.29 is 19.4 Å². The molecule has 6 heteroatoms. The number of rotatable bonds is 5. The van der Waals surface area contributed by atoms with Gasteiger partial charge in [-0.25, -0.2) is 4.79 Å². The van der Waals surface area contributed by atoms with Gasteiger partial charge in [0.25, 0.3) is 5.91 Å². The topological polar surface area (TPSA) is 78.9 Å². The molecule has 0 bridgehead atoms. The molecule has 1 aliphatic carbocycles. The predicted octanol–water partition coefficient (Wildman–Crippen LogP) is 1.93. The molecule has 1 aromatic carbocycles. The van der Waals surface area contributed by atoms with Crippen molar-refractivity contribution in [2.75, 3.05) is 13.2 Å². The van der Waals surface area contributed by atoms with Crippen molar-refractivity contribution >= 4 is 11.9 Å². The molecule has 0 radical (unpaired) electrons. The first kappa shape index (κ1) is 16.8. The molecular weight excluding hydrogens is 308 g/mol. The van der Waals surface area contributed by atoms with Crippen LogP contribution in [0.15, 0.2) is 30.3 Å². The largest absolute Gasteiger partial charge is 0.491 e. The van der Waals surface area contributed by atoms with Crippen molar-refractivity contribution in [1.82, 2.24) is 10.2 Å². The summed E-state index contributed by atoms with van der Waals surface area (Å²) in [5, 5.41) is 13.0. The Morgan fingerprint density at radius 1 is 1.33 bits per heavy atom. The van der Waals surface area contributed by atoms with Crippen LogP contribution in [-0.2, 0) is 4.79 Å². The normalized spacial score (nSPS) is 28.1. The molecule has 1 saturated heterocycles. The zero-order valence-corrected chi connectivity index (χ0v) is 13.9. The highest BCUT2D eigenvalue weighted by molar-refractivity contribution is 6.07. The first-order valence-electron chi connectivity index (χ1n) is 8.53. The molecule has 2 aliphatic rings. The van der Waals surface area contributed by atoms with E-state index in [1.807, 2.05) is 25.1 Å². The monoisotopic (exact) mass is 332 g/mol. The Bertz CT molecular complexity index is 606. The van der Waals surface area contributed by atoms with Gasteiger partial charge in [0.2, 0.25) is 0 Å². The average Bonchev–Trinajstić information content (AvgIpc) is 2.82. The van der Waals surface area contributed by atoms with Crippen LogP contribution in [0.25, 0.3) is 0 Å². The number of carbonyl (C=O) groups is 2. The quantitative estimate of drug-likeness (QED) is 0.808. The summed E-state index contributed by atoms with van der Waals surface area (Å²) in [6.07, 6.45) is 2.70. The van der Waals surface area contributed by atoms with Crippen LogP contribution in [0.5, 0.6) is 5.75 Å². The maximum Gasteiger partial charge on any atom is 0.325 e. The molecule has 0 unspecified atom stereocenters. The van der Waals surface area contributed by atoms with Crippen molar-refractivity contribution in [3.05, 3.63) is 30.3 Å². The number of β-amino-alcohol motifs (C(OH)–C–C–N with tert-alkyl or cyclic N) is 1. The van der Waals surface area contributed by atoms with Gasteiger partial charge in [-0.1, -0.05) is 38.0 Å². The van der Waals surface area contributed by atoms with Crippen molar-refractivity contribution in [1.29, 1.82) is 0 Å². The van der Waals surface area contributed by atoms with E-state index in [0.29, 0.717) is 12.2 Å². The lowest BCUT2D eigenvalue weighted by molar-refractivity contribution is -0.135. The third-order valence-corrected chi connectivity index (χ3v) is 5.08. The number of benzene rings is 1. The van der Waals surface area contributed by atoms with Crippen LogP contribution in [0.2, 0.25) is 0 Å². The van der Waals surface area contributed by atoms with Gasteiger partial charge in [0.15, 0.2) is 0 Å². The van der Waals surface area contributed by atoms with Crippen LogP contribution in [0, 0.1) is 5.92 Å². The van der Waals surface area contributed by atoms with E-state index < -0.39 is 17.7 Å². The van der Waals surface area contributed by atoms with E-state index >= 15 is 0 Å². The fraction of sp³-hybridized carbons (Fsp3) is 0.556. The van der Waals surface area contributed by atoms with Crippen LogP contribution in [0.3, 0.4) is 0 Å². The van der Waals surface area contributed by atoms with Crippen LogP contribution >= 0.6 is 0 Å². The lowest BCUT2D eigenvalue weighted by Crippen LogP contribution is -2.54. The molecule has 3 rings (SSSR count). The summed E-state index contributed by atoms with van der Waals surface area (Å²) in [6, 6.07) is 8.73. The number of amides is 3. The standard InChI is InChI=1S/C18H24N2O4/c1-13-7-5-6-10-18(13)16(22)20(17(23)19-18)11-14(21)12-24-15-8-3-2-4-9-15/h2-4,8-9,13-14,21H,5-7,10-12H2,1H3,(H,19,23)/t13-,14-,18-/m1/s1. The lowest BCUT2D eigenvalue weighted by atomic mass is 9.73. The number of aliphatic hydroxyl groups is 1. The van der Waals surface area contributed by atoms with Crippen molar-refractivity contribution in [2.45, 2.75) is 44.2 Å². The molecule has 2 fully saturated rings. The van der Waals surface area contributed by atoms with Crippen molar-refractivity contribution in [3.8, 4) is 5.75 Å². The molecule has 6 nitrogen and oxygen atoms in total. The lowest BCUT2D eigenvalue weighted by Gasteiger charge is -2.36. The highest BCUT2D eigenvalue weighted by Crippen LogP contribution is 2.38. The predicted molar refractivity (Wildman–Crippen MR) is 88.6 cm³/mol. The number of aliphatic hydroxyl groups excluding tert-OH is 1. The maximum atomic E-state index is 12.8. The number of hydrogen-bond acceptors (Lipinski definition) is 4. The number of para-hydroxylation sites is 1. The van der Waals surface area contributed by atoms with E-state index in [1.54, 1.807) is 12.1 Å². The minimum Gasteiger partial charge on any atom is -0.491 e. The zero-order valence-electron chi connectivity index (χ0n) is 13.9.